The highest BCUT2D eigenvalue weighted by Crippen LogP contribution is 1.76. The maximum absolute atomic E-state index is 11.2. The van der Waals surface area contributed by atoms with Crippen LogP contribution in [0.15, 0.2) is 0 Å². The smallest absolute Gasteiger partial charge is 0.239 e. The lowest BCUT2D eigenvalue weighted by Crippen LogP contribution is -2.44. The van der Waals surface area contributed by atoms with Crippen molar-refractivity contribution in [2.45, 2.75) is 19.9 Å². The number of hydrogen-bond donors (Lipinski definition) is 3. The SMILES string of the molecule is COCCNC(=O)CNC(=S)NC(C)C. The summed E-state index contributed by atoms with van der Waals surface area (Å²) in [6, 6.07) is 0.265. The number of amides is 1. The Hall–Kier alpha value is -0.880. The lowest BCUT2D eigenvalue weighted by Gasteiger charge is -2.12. The Bertz CT molecular complexity index is 210. The largest absolute Gasteiger partial charge is 0.383 e. The van der Waals surface area contributed by atoms with Gasteiger partial charge in [0.25, 0.3) is 0 Å². The van der Waals surface area contributed by atoms with E-state index in [9.17, 15) is 4.79 Å². The van der Waals surface area contributed by atoms with Gasteiger partial charge in [-0.2, -0.15) is 0 Å². The molecule has 15 heavy (non-hydrogen) atoms. The topological polar surface area (TPSA) is 62.4 Å². The van der Waals surface area contributed by atoms with Crippen LogP contribution in [0.5, 0.6) is 0 Å². The number of hydrogen-bond acceptors (Lipinski definition) is 3. The first-order chi connectivity index (χ1) is 7.06. The van der Waals surface area contributed by atoms with Gasteiger partial charge in [0, 0.05) is 19.7 Å². The molecule has 0 aliphatic carbocycles. The molecule has 0 bridgehead atoms. The maximum atomic E-state index is 11.2. The Morgan fingerprint density at radius 2 is 2.07 bits per heavy atom. The van der Waals surface area contributed by atoms with Gasteiger partial charge in [-0.3, -0.25) is 4.79 Å². The molecule has 0 aliphatic heterocycles. The molecule has 0 rings (SSSR count). The van der Waals surface area contributed by atoms with Gasteiger partial charge in [-0.05, 0) is 26.1 Å². The second-order valence-electron chi connectivity index (χ2n) is 3.32. The molecular formula is C9H19N3O2S. The van der Waals surface area contributed by atoms with Gasteiger partial charge in [0.15, 0.2) is 5.11 Å². The predicted molar refractivity (Wildman–Crippen MR) is 63.8 cm³/mol. The van der Waals surface area contributed by atoms with Crippen LogP contribution in [-0.2, 0) is 9.53 Å². The van der Waals surface area contributed by atoms with Crippen LogP contribution in [0.2, 0.25) is 0 Å². The fourth-order valence-corrected chi connectivity index (χ4v) is 1.14. The predicted octanol–water partition coefficient (Wildman–Crippen LogP) is -0.378. The van der Waals surface area contributed by atoms with E-state index >= 15 is 0 Å². The quantitative estimate of drug-likeness (QED) is 0.431. The van der Waals surface area contributed by atoms with Crippen molar-refractivity contribution in [3.63, 3.8) is 0 Å². The summed E-state index contributed by atoms with van der Waals surface area (Å²) in [6.07, 6.45) is 0. The zero-order chi connectivity index (χ0) is 11.7. The minimum absolute atomic E-state index is 0.0973. The average Bonchev–Trinajstić information content (AvgIpc) is 2.14. The van der Waals surface area contributed by atoms with Crippen molar-refractivity contribution < 1.29 is 9.53 Å². The molecule has 0 aromatic heterocycles. The summed E-state index contributed by atoms with van der Waals surface area (Å²) < 4.78 is 4.80. The summed E-state index contributed by atoms with van der Waals surface area (Å²) in [5, 5.41) is 8.96. The normalized spacial score (nSPS) is 9.87. The van der Waals surface area contributed by atoms with Gasteiger partial charge in [0.2, 0.25) is 5.91 Å². The molecule has 0 unspecified atom stereocenters. The molecule has 3 N–H and O–H groups in total. The Morgan fingerprint density at radius 3 is 2.60 bits per heavy atom. The van der Waals surface area contributed by atoms with E-state index in [0.29, 0.717) is 18.3 Å². The zero-order valence-electron chi connectivity index (χ0n) is 9.42. The Morgan fingerprint density at radius 1 is 1.40 bits per heavy atom. The van der Waals surface area contributed by atoms with Gasteiger partial charge < -0.3 is 20.7 Å². The van der Waals surface area contributed by atoms with Crippen molar-refractivity contribution >= 4 is 23.2 Å². The summed E-state index contributed by atoms with van der Waals surface area (Å²) >= 11 is 4.96. The number of carbonyl (C=O) groups excluding carboxylic acids is 1. The third-order valence-corrected chi connectivity index (χ3v) is 1.72. The second kappa shape index (κ2) is 8.43. The van der Waals surface area contributed by atoms with Gasteiger partial charge in [0.1, 0.15) is 0 Å². The number of rotatable bonds is 6. The molecule has 0 saturated carbocycles. The molecule has 0 fully saturated rings. The summed E-state index contributed by atoms with van der Waals surface area (Å²) in [7, 11) is 1.59. The lowest BCUT2D eigenvalue weighted by molar-refractivity contribution is -0.120. The van der Waals surface area contributed by atoms with Gasteiger partial charge in [-0.1, -0.05) is 0 Å². The molecule has 0 aromatic rings. The van der Waals surface area contributed by atoms with Crippen LogP contribution in [0.3, 0.4) is 0 Å². The van der Waals surface area contributed by atoms with Gasteiger partial charge in [0.05, 0.1) is 13.2 Å². The van der Waals surface area contributed by atoms with Crippen molar-refractivity contribution in [2.75, 3.05) is 26.8 Å². The fourth-order valence-electron chi connectivity index (χ4n) is 0.829. The van der Waals surface area contributed by atoms with E-state index in [1.807, 2.05) is 13.8 Å². The Kier molecular flexibility index (Phi) is 7.94. The highest BCUT2D eigenvalue weighted by Gasteiger charge is 2.02. The summed E-state index contributed by atoms with van der Waals surface area (Å²) in [6.45, 7) is 5.17. The van der Waals surface area contributed by atoms with Gasteiger partial charge in [-0.15, -0.1) is 0 Å². The minimum atomic E-state index is -0.0973. The van der Waals surface area contributed by atoms with Crippen LogP contribution in [0, 0.1) is 0 Å². The van der Waals surface area contributed by atoms with Gasteiger partial charge >= 0.3 is 0 Å². The van der Waals surface area contributed by atoms with E-state index in [4.69, 9.17) is 17.0 Å². The van der Waals surface area contributed by atoms with E-state index in [2.05, 4.69) is 16.0 Å². The van der Waals surface area contributed by atoms with Crippen LogP contribution in [0.25, 0.3) is 0 Å². The number of ether oxygens (including phenoxy) is 1. The first kappa shape index (κ1) is 14.1. The molecule has 6 heteroatoms. The fraction of sp³-hybridized carbons (Fsp3) is 0.778. The highest BCUT2D eigenvalue weighted by atomic mass is 32.1. The molecule has 0 saturated heterocycles. The molecule has 0 radical (unpaired) electrons. The molecule has 0 atom stereocenters. The van der Waals surface area contributed by atoms with Crippen LogP contribution in [0.4, 0.5) is 0 Å². The molecule has 5 nitrogen and oxygen atoms in total. The van der Waals surface area contributed by atoms with Crippen molar-refractivity contribution in [1.29, 1.82) is 0 Å². The highest BCUT2D eigenvalue weighted by molar-refractivity contribution is 7.80. The number of nitrogens with one attached hydrogen (secondary N) is 3. The first-order valence-corrected chi connectivity index (χ1v) is 5.27. The van der Waals surface area contributed by atoms with Crippen LogP contribution in [-0.4, -0.2) is 43.9 Å². The third-order valence-electron chi connectivity index (χ3n) is 1.46. The van der Waals surface area contributed by atoms with E-state index < -0.39 is 0 Å². The lowest BCUT2D eigenvalue weighted by atomic mass is 10.4. The number of carbonyl (C=O) groups is 1. The molecule has 0 heterocycles. The first-order valence-electron chi connectivity index (χ1n) is 4.86. The summed E-state index contributed by atoms with van der Waals surface area (Å²) in [4.78, 5) is 11.2. The monoisotopic (exact) mass is 233 g/mol. The average molecular weight is 233 g/mol. The third kappa shape index (κ3) is 9.42. The van der Waals surface area contributed by atoms with Crippen molar-refractivity contribution in [3.8, 4) is 0 Å². The van der Waals surface area contributed by atoms with Crippen LogP contribution < -0.4 is 16.0 Å². The minimum Gasteiger partial charge on any atom is -0.383 e. The van der Waals surface area contributed by atoms with E-state index in [-0.39, 0.29) is 18.5 Å². The Balaban J connectivity index is 3.49. The van der Waals surface area contributed by atoms with Crippen molar-refractivity contribution in [1.82, 2.24) is 16.0 Å². The van der Waals surface area contributed by atoms with E-state index in [0.717, 1.165) is 0 Å². The van der Waals surface area contributed by atoms with E-state index in [1.165, 1.54) is 0 Å². The van der Waals surface area contributed by atoms with Crippen molar-refractivity contribution in [3.05, 3.63) is 0 Å². The second-order valence-corrected chi connectivity index (χ2v) is 3.73. The summed E-state index contributed by atoms with van der Waals surface area (Å²) in [5.41, 5.74) is 0. The maximum Gasteiger partial charge on any atom is 0.239 e. The van der Waals surface area contributed by atoms with Crippen LogP contribution in [0.1, 0.15) is 13.8 Å². The molecule has 0 aromatic carbocycles. The van der Waals surface area contributed by atoms with Crippen LogP contribution >= 0.6 is 12.2 Å². The molecule has 0 aliphatic rings. The summed E-state index contributed by atoms with van der Waals surface area (Å²) in [5.74, 6) is -0.0973. The van der Waals surface area contributed by atoms with Crippen molar-refractivity contribution in [2.24, 2.45) is 0 Å². The molecule has 1 amide bonds. The molecular weight excluding hydrogens is 214 g/mol. The van der Waals surface area contributed by atoms with E-state index in [1.54, 1.807) is 7.11 Å². The molecule has 0 spiro atoms. The number of thiocarbonyl (C=S) groups is 1. The number of methoxy groups -OCH3 is 1. The molecule has 88 valence electrons. The standard InChI is InChI=1S/C9H19N3O2S/c1-7(2)12-9(15)11-6-8(13)10-4-5-14-3/h7H,4-6H2,1-3H3,(H,10,13)(H2,11,12,15). The zero-order valence-corrected chi connectivity index (χ0v) is 10.2. The van der Waals surface area contributed by atoms with Gasteiger partial charge in [-0.25, -0.2) is 0 Å². The Labute approximate surface area is 95.9 Å².